The number of hydrogen-bond acceptors (Lipinski definition) is 3. The van der Waals surface area contributed by atoms with Gasteiger partial charge in [-0.15, -0.1) is 0 Å². The van der Waals surface area contributed by atoms with E-state index < -0.39 is 17.6 Å². The van der Waals surface area contributed by atoms with Gasteiger partial charge in [-0.1, -0.05) is 23.9 Å². The van der Waals surface area contributed by atoms with Crippen molar-refractivity contribution in [3.05, 3.63) is 29.8 Å². The summed E-state index contributed by atoms with van der Waals surface area (Å²) in [6.45, 7) is 2.08. The molecule has 0 aromatic heterocycles. The molecule has 0 unspecified atom stereocenters. The molecule has 1 aromatic rings. The molecule has 1 N–H and O–H groups in total. The van der Waals surface area contributed by atoms with E-state index >= 15 is 0 Å². The Balaban J connectivity index is 2.91. The van der Waals surface area contributed by atoms with Gasteiger partial charge in [-0.2, -0.15) is 8.78 Å². The quantitative estimate of drug-likeness (QED) is 0.787. The molecule has 0 heterocycles. The van der Waals surface area contributed by atoms with Crippen LogP contribution in [0.3, 0.4) is 0 Å². The average molecular weight is 303 g/mol. The maximum atomic E-state index is 12.5. The van der Waals surface area contributed by atoms with Crippen molar-refractivity contribution < 1.29 is 23.5 Å². The fourth-order valence-electron chi connectivity index (χ4n) is 1.65. The number of alkyl halides is 2. The first kappa shape index (κ1) is 16.4. The van der Waals surface area contributed by atoms with E-state index in [1.807, 2.05) is 0 Å². The molecular formula is C13H15F2NO3S. The molecule has 0 saturated carbocycles. The van der Waals surface area contributed by atoms with E-state index in [9.17, 15) is 18.4 Å². The molecule has 1 aromatic carbocycles. The predicted octanol–water partition coefficient (Wildman–Crippen LogP) is 2.94. The molecule has 0 aliphatic heterocycles. The van der Waals surface area contributed by atoms with Crippen molar-refractivity contribution >= 4 is 23.6 Å². The number of hydrogen-bond donors (Lipinski definition) is 1. The Morgan fingerprint density at radius 2 is 2.00 bits per heavy atom. The van der Waals surface area contributed by atoms with E-state index in [-0.39, 0.29) is 23.4 Å². The lowest BCUT2D eigenvalue weighted by Gasteiger charge is -2.21. The van der Waals surface area contributed by atoms with Gasteiger partial charge in [-0.3, -0.25) is 9.59 Å². The molecule has 1 amide bonds. The maximum absolute atomic E-state index is 12.5. The molecule has 0 aliphatic carbocycles. The van der Waals surface area contributed by atoms with Gasteiger partial charge in [0.25, 0.3) is 11.7 Å². The number of carbonyl (C=O) groups is 2. The Morgan fingerprint density at radius 3 is 2.55 bits per heavy atom. The van der Waals surface area contributed by atoms with Gasteiger partial charge in [0, 0.05) is 18.0 Å². The first-order valence-electron chi connectivity index (χ1n) is 6.00. The van der Waals surface area contributed by atoms with Gasteiger partial charge in [-0.05, 0) is 19.1 Å². The van der Waals surface area contributed by atoms with Crippen molar-refractivity contribution in [2.75, 3.05) is 13.1 Å². The Hall–Kier alpha value is -1.63. The van der Waals surface area contributed by atoms with E-state index in [0.29, 0.717) is 18.3 Å². The normalized spacial score (nSPS) is 10.6. The lowest BCUT2D eigenvalue weighted by molar-refractivity contribution is -0.137. The number of halogens is 2. The topological polar surface area (TPSA) is 57.6 Å². The van der Waals surface area contributed by atoms with E-state index in [2.05, 4.69) is 0 Å². The summed E-state index contributed by atoms with van der Waals surface area (Å²) in [7, 11) is 0. The van der Waals surface area contributed by atoms with Crippen molar-refractivity contribution in [1.82, 2.24) is 4.90 Å². The SMILES string of the molecule is CCN(CCC(=O)O)C(=O)c1ccccc1SC(F)F. The van der Waals surface area contributed by atoms with E-state index in [0.717, 1.165) is 0 Å². The van der Waals surface area contributed by atoms with Gasteiger partial charge in [-0.25, -0.2) is 0 Å². The number of carbonyl (C=O) groups excluding carboxylic acids is 1. The first-order chi connectivity index (χ1) is 9.45. The van der Waals surface area contributed by atoms with Crippen molar-refractivity contribution in [2.45, 2.75) is 24.0 Å². The zero-order valence-electron chi connectivity index (χ0n) is 10.9. The minimum absolute atomic E-state index is 0.0539. The lowest BCUT2D eigenvalue weighted by Crippen LogP contribution is -2.33. The van der Waals surface area contributed by atoms with Gasteiger partial charge in [0.2, 0.25) is 0 Å². The molecule has 20 heavy (non-hydrogen) atoms. The Kier molecular flexibility index (Phi) is 6.44. The third-order valence-electron chi connectivity index (χ3n) is 2.60. The summed E-state index contributed by atoms with van der Waals surface area (Å²) in [4.78, 5) is 24.3. The summed E-state index contributed by atoms with van der Waals surface area (Å²) in [5.41, 5.74) is 0.171. The van der Waals surface area contributed by atoms with Crippen molar-refractivity contribution in [3.63, 3.8) is 0 Å². The largest absolute Gasteiger partial charge is 0.481 e. The third-order valence-corrected chi connectivity index (χ3v) is 3.39. The molecule has 0 saturated heterocycles. The second kappa shape index (κ2) is 7.84. The second-order valence-corrected chi connectivity index (χ2v) is 4.94. The molecular weight excluding hydrogens is 288 g/mol. The smallest absolute Gasteiger partial charge is 0.305 e. The highest BCUT2D eigenvalue weighted by Crippen LogP contribution is 2.29. The second-order valence-electron chi connectivity index (χ2n) is 3.90. The summed E-state index contributed by atoms with van der Waals surface area (Å²) in [6.07, 6.45) is -0.177. The Morgan fingerprint density at radius 1 is 1.35 bits per heavy atom. The van der Waals surface area contributed by atoms with Crippen LogP contribution in [-0.2, 0) is 4.79 Å². The van der Waals surface area contributed by atoms with Crippen LogP contribution in [0.5, 0.6) is 0 Å². The van der Waals surface area contributed by atoms with Crippen LogP contribution >= 0.6 is 11.8 Å². The molecule has 110 valence electrons. The number of carboxylic acid groups (broad SMARTS) is 1. The van der Waals surface area contributed by atoms with Crippen LogP contribution in [0.15, 0.2) is 29.2 Å². The third kappa shape index (κ3) is 4.80. The first-order valence-corrected chi connectivity index (χ1v) is 6.88. The predicted molar refractivity (Wildman–Crippen MR) is 72.1 cm³/mol. The summed E-state index contributed by atoms with van der Waals surface area (Å²) >= 11 is 0.309. The summed E-state index contributed by atoms with van der Waals surface area (Å²) < 4.78 is 24.9. The van der Waals surface area contributed by atoms with E-state index in [1.165, 1.54) is 17.0 Å². The van der Waals surface area contributed by atoms with Crippen molar-refractivity contribution in [1.29, 1.82) is 0 Å². The van der Waals surface area contributed by atoms with Crippen LogP contribution in [0.4, 0.5) is 8.78 Å². The van der Waals surface area contributed by atoms with Gasteiger partial charge < -0.3 is 10.0 Å². The van der Waals surface area contributed by atoms with Crippen LogP contribution in [0.25, 0.3) is 0 Å². The number of carboxylic acids is 1. The van der Waals surface area contributed by atoms with Gasteiger partial charge in [0.1, 0.15) is 0 Å². The molecule has 4 nitrogen and oxygen atoms in total. The highest BCUT2D eigenvalue weighted by Gasteiger charge is 2.20. The molecule has 0 radical (unpaired) electrons. The van der Waals surface area contributed by atoms with Gasteiger partial charge in [0.05, 0.1) is 12.0 Å². The highest BCUT2D eigenvalue weighted by atomic mass is 32.2. The minimum atomic E-state index is -2.61. The van der Waals surface area contributed by atoms with Crippen LogP contribution in [-0.4, -0.2) is 40.7 Å². The lowest BCUT2D eigenvalue weighted by atomic mass is 10.2. The average Bonchev–Trinajstić information content (AvgIpc) is 2.38. The van der Waals surface area contributed by atoms with Crippen molar-refractivity contribution in [3.8, 4) is 0 Å². The Labute approximate surface area is 119 Å². The van der Waals surface area contributed by atoms with Gasteiger partial charge in [0.15, 0.2) is 0 Å². The number of benzene rings is 1. The molecule has 7 heteroatoms. The monoisotopic (exact) mass is 303 g/mol. The van der Waals surface area contributed by atoms with Crippen LogP contribution in [0.1, 0.15) is 23.7 Å². The number of nitrogens with zero attached hydrogens (tertiary/aromatic N) is 1. The zero-order chi connectivity index (χ0) is 15.1. The molecule has 1 rings (SSSR count). The molecule has 0 spiro atoms. The molecule has 0 atom stereocenters. The zero-order valence-corrected chi connectivity index (χ0v) is 11.7. The van der Waals surface area contributed by atoms with E-state index in [4.69, 9.17) is 5.11 Å². The van der Waals surface area contributed by atoms with Crippen molar-refractivity contribution in [2.24, 2.45) is 0 Å². The number of thioether (sulfide) groups is 1. The number of amides is 1. The molecule has 0 bridgehead atoms. The standard InChI is InChI=1S/C13H15F2NO3S/c1-2-16(8-7-11(17)18)12(19)9-5-3-4-6-10(9)20-13(14)15/h3-6,13H,2,7-8H2,1H3,(H,17,18). The fraction of sp³-hybridized carbons (Fsp3) is 0.385. The molecule has 0 fully saturated rings. The van der Waals surface area contributed by atoms with Crippen LogP contribution < -0.4 is 0 Å². The van der Waals surface area contributed by atoms with Crippen LogP contribution in [0, 0.1) is 0 Å². The van der Waals surface area contributed by atoms with Gasteiger partial charge >= 0.3 is 5.97 Å². The maximum Gasteiger partial charge on any atom is 0.305 e. The number of rotatable bonds is 7. The summed E-state index contributed by atoms with van der Waals surface area (Å²) in [6, 6.07) is 6.09. The van der Waals surface area contributed by atoms with E-state index in [1.54, 1.807) is 19.1 Å². The van der Waals surface area contributed by atoms with Crippen LogP contribution in [0.2, 0.25) is 0 Å². The number of aliphatic carboxylic acids is 1. The Bertz CT molecular complexity index is 482. The molecule has 0 aliphatic rings. The minimum Gasteiger partial charge on any atom is -0.481 e. The summed E-state index contributed by atoms with van der Waals surface area (Å²) in [5, 5.41) is 8.64. The summed E-state index contributed by atoms with van der Waals surface area (Å²) in [5.74, 6) is -4.05. The fourth-order valence-corrected chi connectivity index (χ4v) is 2.28. The highest BCUT2D eigenvalue weighted by molar-refractivity contribution is 7.99.